The van der Waals surface area contributed by atoms with Gasteiger partial charge in [-0.05, 0) is 92.9 Å². The number of carbonyl (C=O) groups excluding carboxylic acids is 1. The number of aryl methyl sites for hydroxylation is 1. The Kier molecular flexibility index (Phi) is 7.79. The van der Waals surface area contributed by atoms with Crippen LogP contribution in [-0.2, 0) is 9.59 Å². The molecule has 0 saturated carbocycles. The Balaban J connectivity index is 1.18. The lowest BCUT2D eigenvalue weighted by Crippen LogP contribution is -2.52. The number of carbonyl (C=O) groups is 2. The molecular weight excluding hydrogens is 507 g/mol. The van der Waals surface area contributed by atoms with Crippen molar-refractivity contribution in [3.63, 3.8) is 0 Å². The van der Waals surface area contributed by atoms with E-state index >= 15 is 0 Å². The van der Waals surface area contributed by atoms with Crippen LogP contribution in [0.3, 0.4) is 0 Å². The zero-order valence-electron chi connectivity index (χ0n) is 21.8. The summed E-state index contributed by atoms with van der Waals surface area (Å²) >= 11 is 0. The number of aromatic nitrogens is 1. The number of nitrogens with zero attached hydrogens (tertiary/aromatic N) is 2. The zero-order chi connectivity index (χ0) is 27.7. The van der Waals surface area contributed by atoms with Gasteiger partial charge in [-0.15, -0.1) is 0 Å². The maximum absolute atomic E-state index is 13.4. The number of benzene rings is 2. The summed E-state index contributed by atoms with van der Waals surface area (Å²) in [4.78, 5) is 32.2. The first-order valence-corrected chi connectivity index (χ1v) is 13.4. The van der Waals surface area contributed by atoms with E-state index < -0.39 is 29.5 Å². The van der Waals surface area contributed by atoms with Crippen LogP contribution in [0.1, 0.15) is 48.4 Å². The van der Waals surface area contributed by atoms with E-state index in [9.17, 15) is 27.9 Å². The van der Waals surface area contributed by atoms with E-state index in [1.807, 2.05) is 12.1 Å². The van der Waals surface area contributed by atoms with Crippen LogP contribution in [0, 0.1) is 30.3 Å². The fourth-order valence-corrected chi connectivity index (χ4v) is 6.33. The van der Waals surface area contributed by atoms with E-state index in [0.29, 0.717) is 44.9 Å². The molecule has 1 amide bonds. The second-order valence-electron chi connectivity index (χ2n) is 10.6. The normalized spacial score (nSPS) is 18.7. The van der Waals surface area contributed by atoms with E-state index in [1.54, 1.807) is 4.90 Å². The van der Waals surface area contributed by atoms with Gasteiger partial charge in [0.05, 0.1) is 0 Å². The van der Waals surface area contributed by atoms with E-state index in [2.05, 4.69) is 28.9 Å². The molecule has 3 heterocycles. The van der Waals surface area contributed by atoms with Crippen molar-refractivity contribution in [1.29, 1.82) is 0 Å². The van der Waals surface area contributed by atoms with Gasteiger partial charge in [0.1, 0.15) is 6.04 Å². The zero-order valence-corrected chi connectivity index (χ0v) is 21.8. The number of aromatic amines is 1. The topological polar surface area (TPSA) is 76.6 Å². The van der Waals surface area contributed by atoms with Gasteiger partial charge in [0.15, 0.2) is 17.5 Å². The Bertz CT molecular complexity index is 1380. The highest BCUT2D eigenvalue weighted by Gasteiger charge is 2.38. The molecule has 2 aromatic carbocycles. The standard InChI is InChI=1S/C30H32F3N3O3/c1-18-27(22-4-2-3-5-25(22)34-18)20-8-14-36(15-9-20)29(30(38)39)21-10-12-35(13-11-21)26(37)7-6-19-16-23(31)28(33)24(32)17-19/h2-7,16-17,20-21,29,34H,8-15H2,1H3,(H,38,39). The SMILES string of the molecule is Cc1[nH]c2ccccc2c1C1CCN(C(C(=O)O)C2CCN(C(=O)C=Cc3cc(F)c(F)c(F)c3)CC2)CC1. The molecule has 2 fully saturated rings. The van der Waals surface area contributed by atoms with Crippen LogP contribution in [-0.4, -0.2) is 64.0 Å². The van der Waals surface area contributed by atoms with Crippen molar-refractivity contribution in [2.45, 2.75) is 44.6 Å². The summed E-state index contributed by atoms with van der Waals surface area (Å²) < 4.78 is 40.0. The third kappa shape index (κ3) is 5.59. The fraction of sp³-hybridized carbons (Fsp3) is 0.400. The summed E-state index contributed by atoms with van der Waals surface area (Å²) in [6.07, 6.45) is 5.34. The Morgan fingerprint density at radius 2 is 1.64 bits per heavy atom. The molecule has 2 N–H and O–H groups in total. The maximum Gasteiger partial charge on any atom is 0.321 e. The van der Waals surface area contributed by atoms with Crippen LogP contribution in [0.4, 0.5) is 13.2 Å². The monoisotopic (exact) mass is 539 g/mol. The van der Waals surface area contributed by atoms with E-state index in [0.717, 1.165) is 30.5 Å². The number of hydrogen-bond acceptors (Lipinski definition) is 3. The van der Waals surface area contributed by atoms with Gasteiger partial charge in [-0.3, -0.25) is 14.5 Å². The van der Waals surface area contributed by atoms with Crippen LogP contribution >= 0.6 is 0 Å². The first-order valence-electron chi connectivity index (χ1n) is 13.4. The molecular formula is C30H32F3N3O3. The maximum atomic E-state index is 13.4. The molecule has 0 bridgehead atoms. The van der Waals surface area contributed by atoms with Crippen molar-refractivity contribution in [2.75, 3.05) is 26.2 Å². The molecule has 1 unspecified atom stereocenters. The number of nitrogens with one attached hydrogen (secondary N) is 1. The van der Waals surface area contributed by atoms with Crippen LogP contribution in [0.15, 0.2) is 42.5 Å². The summed E-state index contributed by atoms with van der Waals surface area (Å²) in [7, 11) is 0. The smallest absolute Gasteiger partial charge is 0.321 e. The van der Waals surface area contributed by atoms with Crippen molar-refractivity contribution in [2.24, 2.45) is 5.92 Å². The van der Waals surface area contributed by atoms with Gasteiger partial charge < -0.3 is 15.0 Å². The van der Waals surface area contributed by atoms with Crippen molar-refractivity contribution >= 4 is 28.9 Å². The molecule has 3 aromatic rings. The van der Waals surface area contributed by atoms with Gasteiger partial charge in [-0.2, -0.15) is 0 Å². The number of likely N-dealkylation sites (tertiary alicyclic amines) is 2. The second-order valence-corrected chi connectivity index (χ2v) is 10.6. The minimum atomic E-state index is -1.55. The van der Waals surface area contributed by atoms with E-state index in [1.165, 1.54) is 28.8 Å². The first-order chi connectivity index (χ1) is 18.7. The van der Waals surface area contributed by atoms with Gasteiger partial charge in [-0.25, -0.2) is 13.2 Å². The lowest BCUT2D eigenvalue weighted by atomic mass is 9.84. The molecule has 1 aromatic heterocycles. The highest BCUT2D eigenvalue weighted by Crippen LogP contribution is 2.37. The van der Waals surface area contributed by atoms with Crippen molar-refractivity contribution in [3.8, 4) is 0 Å². The van der Waals surface area contributed by atoms with Gasteiger partial charge in [0.25, 0.3) is 0 Å². The molecule has 0 spiro atoms. The van der Waals surface area contributed by atoms with Gasteiger partial charge in [0, 0.05) is 35.8 Å². The summed E-state index contributed by atoms with van der Waals surface area (Å²) in [5, 5.41) is 11.4. The number of rotatable bonds is 6. The molecule has 2 aliphatic heterocycles. The molecule has 6 nitrogen and oxygen atoms in total. The Morgan fingerprint density at radius 1 is 1.00 bits per heavy atom. The predicted molar refractivity (Wildman–Crippen MR) is 143 cm³/mol. The van der Waals surface area contributed by atoms with E-state index in [-0.39, 0.29) is 17.4 Å². The number of hydrogen-bond donors (Lipinski definition) is 2. The number of aliphatic carboxylic acids is 1. The molecule has 0 radical (unpaired) electrons. The fourth-order valence-electron chi connectivity index (χ4n) is 6.33. The highest BCUT2D eigenvalue weighted by atomic mass is 19.2. The predicted octanol–water partition coefficient (Wildman–Crippen LogP) is 5.48. The number of carboxylic acids is 1. The van der Waals surface area contributed by atoms with Crippen molar-refractivity contribution in [3.05, 3.63) is 76.7 Å². The molecule has 5 rings (SSSR count). The van der Waals surface area contributed by atoms with Crippen LogP contribution in [0.5, 0.6) is 0 Å². The van der Waals surface area contributed by atoms with E-state index in [4.69, 9.17) is 0 Å². The first kappa shape index (κ1) is 27.0. The van der Waals surface area contributed by atoms with Crippen LogP contribution in [0.25, 0.3) is 17.0 Å². The number of carboxylic acid groups (broad SMARTS) is 1. The molecule has 2 aliphatic rings. The van der Waals surface area contributed by atoms with Gasteiger partial charge in [-0.1, -0.05) is 18.2 Å². The van der Waals surface area contributed by atoms with Gasteiger partial charge >= 0.3 is 5.97 Å². The minimum absolute atomic E-state index is 0.0480. The summed E-state index contributed by atoms with van der Waals surface area (Å²) in [6, 6.07) is 9.34. The van der Waals surface area contributed by atoms with Gasteiger partial charge in [0.2, 0.25) is 5.91 Å². The lowest BCUT2D eigenvalue weighted by Gasteiger charge is -2.42. The number of fused-ring (bicyclic) bond motifs is 1. The highest BCUT2D eigenvalue weighted by molar-refractivity contribution is 5.92. The van der Waals surface area contributed by atoms with Crippen molar-refractivity contribution < 1.29 is 27.9 Å². The Morgan fingerprint density at radius 3 is 2.28 bits per heavy atom. The third-order valence-electron chi connectivity index (χ3n) is 8.25. The number of amides is 1. The average Bonchev–Trinajstić information content (AvgIpc) is 3.26. The van der Waals surface area contributed by atoms with Crippen LogP contribution < -0.4 is 0 Å². The molecule has 2 saturated heterocycles. The molecule has 39 heavy (non-hydrogen) atoms. The Labute approximate surface area is 225 Å². The third-order valence-corrected chi connectivity index (χ3v) is 8.25. The molecule has 206 valence electrons. The molecule has 1 atom stereocenters. The number of para-hydroxylation sites is 1. The quantitative estimate of drug-likeness (QED) is 0.321. The minimum Gasteiger partial charge on any atom is -0.480 e. The van der Waals surface area contributed by atoms with Crippen LogP contribution in [0.2, 0.25) is 0 Å². The van der Waals surface area contributed by atoms with Crippen molar-refractivity contribution in [1.82, 2.24) is 14.8 Å². The lowest BCUT2D eigenvalue weighted by molar-refractivity contribution is -0.147. The molecule has 9 heteroatoms. The second kappa shape index (κ2) is 11.3. The summed E-state index contributed by atoms with van der Waals surface area (Å²) in [5.41, 5.74) is 3.68. The Hall–Kier alpha value is -3.59. The number of halogens is 3. The average molecular weight is 540 g/mol. The largest absolute Gasteiger partial charge is 0.480 e. The molecule has 0 aliphatic carbocycles. The summed E-state index contributed by atoms with van der Waals surface area (Å²) in [5.74, 6) is -5.05. The number of H-pyrrole nitrogens is 1. The summed E-state index contributed by atoms with van der Waals surface area (Å²) in [6.45, 7) is 4.30. The number of piperidine rings is 2.